The highest BCUT2D eigenvalue weighted by Gasteiger charge is 2.39. The Morgan fingerprint density at radius 2 is 1.95 bits per heavy atom. The van der Waals surface area contributed by atoms with Crippen molar-refractivity contribution in [1.29, 1.82) is 5.26 Å². The van der Waals surface area contributed by atoms with Crippen LogP contribution in [0.5, 0.6) is 0 Å². The van der Waals surface area contributed by atoms with Crippen molar-refractivity contribution in [2.75, 3.05) is 0 Å². The number of benzene rings is 1. The average Bonchev–Trinajstić information content (AvgIpc) is 2.41. The van der Waals surface area contributed by atoms with Crippen molar-refractivity contribution in [2.24, 2.45) is 16.7 Å². The highest BCUT2D eigenvalue weighted by Crippen LogP contribution is 2.46. The second-order valence-corrected chi connectivity index (χ2v) is 7.88. The van der Waals surface area contributed by atoms with Gasteiger partial charge in [0.1, 0.15) is 5.82 Å². The second kappa shape index (κ2) is 5.97. The maximum Gasteiger partial charge on any atom is 0.127 e. The number of hydrogen-bond acceptors (Lipinski definition) is 1. The summed E-state index contributed by atoms with van der Waals surface area (Å²) in [5.41, 5.74) is 0.471. The van der Waals surface area contributed by atoms with Crippen LogP contribution in [-0.2, 0) is 6.42 Å². The van der Waals surface area contributed by atoms with Gasteiger partial charge in [0.15, 0.2) is 0 Å². The van der Waals surface area contributed by atoms with Crippen LogP contribution in [0.1, 0.15) is 52.0 Å². The third kappa shape index (κ3) is 3.77. The summed E-state index contributed by atoms with van der Waals surface area (Å²) in [5.74, 6) is 0.351. The molecule has 0 atom stereocenters. The van der Waals surface area contributed by atoms with Gasteiger partial charge in [0.25, 0.3) is 0 Å². The maximum atomic E-state index is 14.0. The van der Waals surface area contributed by atoms with Gasteiger partial charge in [0, 0.05) is 5.02 Å². The van der Waals surface area contributed by atoms with Crippen molar-refractivity contribution in [3.05, 3.63) is 34.6 Å². The predicted molar refractivity (Wildman–Crippen MR) is 84.6 cm³/mol. The van der Waals surface area contributed by atoms with E-state index in [-0.39, 0.29) is 11.2 Å². The van der Waals surface area contributed by atoms with Crippen LogP contribution in [-0.4, -0.2) is 0 Å². The molecule has 1 aliphatic rings. The molecule has 1 nitrogen and oxygen atoms in total. The third-order valence-electron chi connectivity index (χ3n) is 4.95. The fourth-order valence-electron chi connectivity index (χ4n) is 3.39. The Morgan fingerprint density at radius 3 is 2.43 bits per heavy atom. The molecule has 0 heterocycles. The molecule has 2 rings (SSSR count). The molecule has 0 aromatic heterocycles. The lowest BCUT2D eigenvalue weighted by Crippen LogP contribution is -2.33. The van der Waals surface area contributed by atoms with Crippen LogP contribution in [0.3, 0.4) is 0 Å². The third-order valence-corrected chi connectivity index (χ3v) is 5.18. The molecule has 0 saturated heterocycles. The van der Waals surface area contributed by atoms with Crippen LogP contribution in [0.15, 0.2) is 18.2 Å². The molecule has 0 amide bonds. The largest absolute Gasteiger partial charge is 0.207 e. The van der Waals surface area contributed by atoms with Gasteiger partial charge in [-0.1, -0.05) is 38.4 Å². The lowest BCUT2D eigenvalue weighted by molar-refractivity contribution is 0.120. The molecule has 0 N–H and O–H groups in total. The Hall–Kier alpha value is -1.07. The Kier molecular flexibility index (Phi) is 4.63. The van der Waals surface area contributed by atoms with E-state index in [1.165, 1.54) is 6.07 Å². The molecule has 0 spiro atoms. The van der Waals surface area contributed by atoms with Gasteiger partial charge >= 0.3 is 0 Å². The van der Waals surface area contributed by atoms with Gasteiger partial charge in [-0.25, -0.2) is 4.39 Å². The highest BCUT2D eigenvalue weighted by molar-refractivity contribution is 6.30. The molecule has 0 bridgehead atoms. The molecule has 114 valence electrons. The zero-order chi connectivity index (χ0) is 15.7. The molecule has 0 radical (unpaired) electrons. The van der Waals surface area contributed by atoms with Crippen LogP contribution in [0, 0.1) is 33.9 Å². The van der Waals surface area contributed by atoms with Crippen molar-refractivity contribution >= 4 is 11.6 Å². The maximum absolute atomic E-state index is 14.0. The van der Waals surface area contributed by atoms with Crippen LogP contribution in [0.25, 0.3) is 0 Å². The first kappa shape index (κ1) is 16.3. The summed E-state index contributed by atoms with van der Waals surface area (Å²) < 4.78 is 14.0. The summed E-state index contributed by atoms with van der Waals surface area (Å²) in [4.78, 5) is 0. The van der Waals surface area contributed by atoms with Gasteiger partial charge in [-0.05, 0) is 61.1 Å². The van der Waals surface area contributed by atoms with Crippen molar-refractivity contribution < 1.29 is 4.39 Å². The van der Waals surface area contributed by atoms with Crippen molar-refractivity contribution in [3.63, 3.8) is 0 Å². The fraction of sp³-hybridized carbons (Fsp3) is 0.611. The lowest BCUT2D eigenvalue weighted by Gasteiger charge is -2.40. The number of rotatable bonds is 2. The second-order valence-electron chi connectivity index (χ2n) is 7.44. The molecular formula is C18H23ClFN. The van der Waals surface area contributed by atoms with Gasteiger partial charge in [-0.2, -0.15) is 5.26 Å². The number of halogens is 2. The van der Waals surface area contributed by atoms with Crippen molar-refractivity contribution in [1.82, 2.24) is 0 Å². The van der Waals surface area contributed by atoms with Gasteiger partial charge in [-0.15, -0.1) is 0 Å². The molecule has 1 aromatic rings. The molecule has 1 aromatic carbocycles. The molecule has 21 heavy (non-hydrogen) atoms. The standard InChI is InChI=1S/C18H23ClFN/c1-17(2,3)14-6-8-18(12-21,9-7-14)11-13-4-5-15(19)10-16(13)20/h4-5,10,14H,6-9,11H2,1-3H3. The van der Waals surface area contributed by atoms with Crippen molar-refractivity contribution in [3.8, 4) is 6.07 Å². The zero-order valence-corrected chi connectivity index (χ0v) is 13.8. The number of nitriles is 1. The minimum atomic E-state index is -0.420. The summed E-state index contributed by atoms with van der Waals surface area (Å²) in [6.07, 6.45) is 4.29. The van der Waals surface area contributed by atoms with Gasteiger partial charge in [0.2, 0.25) is 0 Å². The molecule has 1 saturated carbocycles. The highest BCUT2D eigenvalue weighted by atomic mass is 35.5. The minimum Gasteiger partial charge on any atom is -0.207 e. The molecule has 1 aliphatic carbocycles. The van der Waals surface area contributed by atoms with Gasteiger partial charge < -0.3 is 0 Å². The predicted octanol–water partition coefficient (Wildman–Crippen LogP) is 5.77. The molecule has 0 aliphatic heterocycles. The first-order chi connectivity index (χ1) is 9.76. The van der Waals surface area contributed by atoms with Crippen LogP contribution < -0.4 is 0 Å². The minimum absolute atomic E-state index is 0.285. The SMILES string of the molecule is CC(C)(C)C1CCC(C#N)(Cc2ccc(Cl)cc2F)CC1. The summed E-state index contributed by atoms with van der Waals surface area (Å²) in [5, 5.41) is 10.0. The average molecular weight is 308 g/mol. The van der Waals surface area contributed by atoms with E-state index in [9.17, 15) is 9.65 Å². The summed E-state index contributed by atoms with van der Waals surface area (Å²) in [6, 6.07) is 7.23. The quantitative estimate of drug-likeness (QED) is 0.680. The smallest absolute Gasteiger partial charge is 0.127 e. The molecule has 0 unspecified atom stereocenters. The lowest BCUT2D eigenvalue weighted by atomic mass is 9.63. The molecular weight excluding hydrogens is 285 g/mol. The van der Waals surface area contributed by atoms with Crippen molar-refractivity contribution in [2.45, 2.75) is 52.9 Å². The monoisotopic (exact) mass is 307 g/mol. The normalized spacial score (nSPS) is 26.4. The topological polar surface area (TPSA) is 23.8 Å². The van der Waals surface area contributed by atoms with Crippen LogP contribution in [0.4, 0.5) is 4.39 Å². The number of hydrogen-bond donors (Lipinski definition) is 0. The Labute approximate surface area is 132 Å². The van der Waals surface area contributed by atoms with E-state index >= 15 is 0 Å². The fourth-order valence-corrected chi connectivity index (χ4v) is 3.55. The van der Waals surface area contributed by atoms with E-state index in [1.807, 2.05) is 0 Å². The number of nitrogens with zero attached hydrogens (tertiary/aromatic N) is 1. The summed E-state index contributed by atoms with van der Waals surface area (Å²) in [7, 11) is 0. The first-order valence-electron chi connectivity index (χ1n) is 7.61. The Balaban J connectivity index is 2.12. The van der Waals surface area contributed by atoms with Crippen LogP contribution >= 0.6 is 11.6 Å². The van der Waals surface area contributed by atoms with Gasteiger partial charge in [0.05, 0.1) is 11.5 Å². The van der Waals surface area contributed by atoms with E-state index in [1.54, 1.807) is 12.1 Å². The van der Waals surface area contributed by atoms with Gasteiger partial charge in [-0.3, -0.25) is 0 Å². The Bertz CT molecular complexity index is 545. The van der Waals surface area contributed by atoms with E-state index < -0.39 is 5.41 Å². The first-order valence-corrected chi connectivity index (χ1v) is 7.99. The Morgan fingerprint density at radius 1 is 1.33 bits per heavy atom. The molecule has 1 fully saturated rings. The van der Waals surface area contributed by atoms with Crippen LogP contribution in [0.2, 0.25) is 5.02 Å². The van der Waals surface area contributed by atoms with E-state index in [4.69, 9.17) is 11.6 Å². The summed E-state index contributed by atoms with van der Waals surface area (Å²) >= 11 is 5.79. The van der Waals surface area contributed by atoms with E-state index in [2.05, 4.69) is 26.8 Å². The summed E-state index contributed by atoms with van der Waals surface area (Å²) in [6.45, 7) is 6.78. The zero-order valence-electron chi connectivity index (χ0n) is 13.0. The molecule has 3 heteroatoms. The van der Waals surface area contributed by atoms with E-state index in [0.717, 1.165) is 25.7 Å². The van der Waals surface area contributed by atoms with E-state index in [0.29, 0.717) is 22.9 Å².